The lowest BCUT2D eigenvalue weighted by atomic mass is 10.0. The minimum absolute atomic E-state index is 0.0758. The van der Waals surface area contributed by atoms with Gasteiger partial charge in [0.05, 0.1) is 42.2 Å². The summed E-state index contributed by atoms with van der Waals surface area (Å²) in [6.07, 6.45) is 3.28. The molecule has 1 N–H and O–H groups in total. The van der Waals surface area contributed by atoms with Gasteiger partial charge in [-0.1, -0.05) is 30.3 Å². The summed E-state index contributed by atoms with van der Waals surface area (Å²) in [5.41, 5.74) is 3.17. The molecule has 2 aliphatic rings. The van der Waals surface area contributed by atoms with Crippen molar-refractivity contribution in [3.05, 3.63) is 117 Å². The molecule has 3 aromatic carbocycles. The number of aromatic nitrogens is 1. The van der Waals surface area contributed by atoms with Crippen LogP contribution in [0.15, 0.2) is 87.7 Å². The molecule has 45 heavy (non-hydrogen) atoms. The fourth-order valence-electron chi connectivity index (χ4n) is 5.44. The van der Waals surface area contributed by atoms with Crippen LogP contribution in [0.3, 0.4) is 0 Å². The van der Waals surface area contributed by atoms with Gasteiger partial charge in [0.2, 0.25) is 5.22 Å². The van der Waals surface area contributed by atoms with Crippen molar-refractivity contribution in [1.82, 2.24) is 9.88 Å². The number of ether oxygens (including phenoxy) is 3. The molecule has 232 valence electrons. The summed E-state index contributed by atoms with van der Waals surface area (Å²) in [5.74, 6) is 0.667. The Labute approximate surface area is 273 Å². The average Bonchev–Trinajstić information content (AvgIpc) is 3.23. The van der Waals surface area contributed by atoms with Gasteiger partial charge >= 0.3 is 0 Å². The number of hydrogen-bond acceptors (Lipinski definition) is 8. The quantitative estimate of drug-likeness (QED) is 0.178. The molecule has 0 saturated carbocycles. The first kappa shape index (κ1) is 30.7. The SMILES string of the molecule is COc1ccc(CN(Cc2ccc(OC)cc2)c2ncccc2C(C)N2C=C(Cl)Oc3c(F)c(Br)c(F)c4c3C2=NCN4)cc1. The molecule has 0 spiro atoms. The van der Waals surface area contributed by atoms with Crippen molar-refractivity contribution in [2.75, 3.05) is 31.1 Å². The highest BCUT2D eigenvalue weighted by Crippen LogP contribution is 2.45. The van der Waals surface area contributed by atoms with Gasteiger partial charge in [-0.15, -0.1) is 0 Å². The summed E-state index contributed by atoms with van der Waals surface area (Å²) in [6, 6.07) is 19.2. The first-order valence-corrected chi connectivity index (χ1v) is 15.2. The van der Waals surface area contributed by atoms with Crippen molar-refractivity contribution in [2.24, 2.45) is 4.99 Å². The number of pyridine rings is 1. The summed E-state index contributed by atoms with van der Waals surface area (Å²) in [6.45, 7) is 3.11. The maximum absolute atomic E-state index is 15.3. The van der Waals surface area contributed by atoms with Gasteiger partial charge in [-0.2, -0.15) is 0 Å². The lowest BCUT2D eigenvalue weighted by Crippen LogP contribution is -2.34. The molecule has 0 aliphatic carbocycles. The fourth-order valence-corrected chi connectivity index (χ4v) is 6.01. The lowest BCUT2D eigenvalue weighted by molar-refractivity contribution is 0.401. The molecule has 3 heterocycles. The van der Waals surface area contributed by atoms with Crippen LogP contribution in [-0.2, 0) is 13.1 Å². The van der Waals surface area contributed by atoms with Crippen LogP contribution in [0.2, 0.25) is 0 Å². The smallest absolute Gasteiger partial charge is 0.210 e. The van der Waals surface area contributed by atoms with Crippen LogP contribution in [0.1, 0.15) is 35.2 Å². The summed E-state index contributed by atoms with van der Waals surface area (Å²) in [4.78, 5) is 13.4. The van der Waals surface area contributed by atoms with Gasteiger partial charge in [0, 0.05) is 24.8 Å². The minimum atomic E-state index is -0.907. The van der Waals surface area contributed by atoms with Crippen LogP contribution in [0.25, 0.3) is 0 Å². The molecular formula is C33H29BrClF2N5O3. The topological polar surface area (TPSA) is 71.5 Å². The van der Waals surface area contributed by atoms with Gasteiger partial charge in [0.1, 0.15) is 29.8 Å². The molecule has 1 unspecified atom stereocenters. The van der Waals surface area contributed by atoms with Crippen molar-refractivity contribution >= 4 is 44.9 Å². The Morgan fingerprint density at radius 3 is 2.22 bits per heavy atom. The van der Waals surface area contributed by atoms with Crippen LogP contribution < -0.4 is 24.4 Å². The average molecular weight is 697 g/mol. The number of benzene rings is 3. The Balaban J connectivity index is 1.42. The second-order valence-electron chi connectivity index (χ2n) is 10.4. The van der Waals surface area contributed by atoms with Gasteiger partial charge < -0.3 is 29.3 Å². The zero-order valence-electron chi connectivity index (χ0n) is 24.7. The molecule has 12 heteroatoms. The van der Waals surface area contributed by atoms with Crippen molar-refractivity contribution < 1.29 is 23.0 Å². The second kappa shape index (κ2) is 12.9. The van der Waals surface area contributed by atoms with Gasteiger partial charge in [-0.05, 0) is 75.9 Å². The van der Waals surface area contributed by atoms with Crippen LogP contribution in [0.5, 0.6) is 17.2 Å². The van der Waals surface area contributed by atoms with Gasteiger partial charge in [-0.25, -0.2) is 18.8 Å². The van der Waals surface area contributed by atoms with Crippen molar-refractivity contribution in [1.29, 1.82) is 0 Å². The third-order valence-corrected chi connectivity index (χ3v) is 8.59. The molecule has 8 nitrogen and oxygen atoms in total. The van der Waals surface area contributed by atoms with E-state index in [1.807, 2.05) is 67.6 Å². The first-order chi connectivity index (χ1) is 21.8. The van der Waals surface area contributed by atoms with E-state index in [1.54, 1.807) is 31.5 Å². The van der Waals surface area contributed by atoms with E-state index in [9.17, 15) is 0 Å². The number of anilines is 2. The van der Waals surface area contributed by atoms with Crippen molar-refractivity contribution in [3.8, 4) is 17.2 Å². The monoisotopic (exact) mass is 695 g/mol. The van der Waals surface area contributed by atoms with Gasteiger partial charge in [-0.3, -0.25) is 0 Å². The van der Waals surface area contributed by atoms with E-state index >= 15 is 8.78 Å². The summed E-state index contributed by atoms with van der Waals surface area (Å²) >= 11 is 9.50. The molecule has 0 bridgehead atoms. The Morgan fingerprint density at radius 1 is 1.00 bits per heavy atom. The molecule has 1 aromatic heterocycles. The number of hydrogen-bond donors (Lipinski definition) is 1. The standard InChI is InChI=1S/C33H29BrClF2N5O3/c1-19(42-17-25(35)45-31-26-30(39-18-40-33(26)42)28(36)27(34)29(31)37)24-5-4-14-38-32(24)41(15-20-6-10-22(43-2)11-7-20)16-21-8-12-23(44-3)13-9-21/h4-14,17,19,39H,15-16,18H2,1-3H3. The molecule has 1 atom stereocenters. The minimum Gasteiger partial charge on any atom is -0.497 e. The zero-order chi connectivity index (χ0) is 31.7. The second-order valence-corrected chi connectivity index (χ2v) is 11.6. The molecule has 0 radical (unpaired) electrons. The number of rotatable bonds is 9. The van der Waals surface area contributed by atoms with E-state index in [2.05, 4.69) is 31.1 Å². The number of nitrogens with zero attached hydrogens (tertiary/aromatic N) is 4. The highest BCUT2D eigenvalue weighted by Gasteiger charge is 2.36. The summed E-state index contributed by atoms with van der Waals surface area (Å²) in [7, 11) is 3.27. The van der Waals surface area contributed by atoms with Gasteiger partial charge in [0.25, 0.3) is 0 Å². The van der Waals surface area contributed by atoms with Crippen LogP contribution in [0, 0.1) is 11.6 Å². The van der Waals surface area contributed by atoms with Crippen molar-refractivity contribution in [2.45, 2.75) is 26.1 Å². The highest BCUT2D eigenvalue weighted by atomic mass is 79.9. The van der Waals surface area contributed by atoms with E-state index < -0.39 is 17.7 Å². The predicted molar refractivity (Wildman–Crippen MR) is 174 cm³/mol. The Hall–Kier alpha value is -4.35. The summed E-state index contributed by atoms with van der Waals surface area (Å²) < 4.78 is 46.6. The third kappa shape index (κ3) is 6.02. The van der Waals surface area contributed by atoms with Gasteiger partial charge in [0.15, 0.2) is 17.4 Å². The number of halogens is 4. The number of methoxy groups -OCH3 is 2. The first-order valence-electron chi connectivity index (χ1n) is 14.1. The van der Waals surface area contributed by atoms with E-state index in [-0.39, 0.29) is 33.4 Å². The molecular weight excluding hydrogens is 668 g/mol. The molecule has 6 rings (SSSR count). The number of aliphatic imine (C=N–C) groups is 1. The fraction of sp³-hybridized carbons (Fsp3) is 0.212. The maximum Gasteiger partial charge on any atom is 0.210 e. The van der Waals surface area contributed by atoms with E-state index in [0.717, 1.165) is 34.0 Å². The van der Waals surface area contributed by atoms with Crippen LogP contribution >= 0.6 is 27.5 Å². The number of amidine groups is 1. The highest BCUT2D eigenvalue weighted by molar-refractivity contribution is 9.10. The van der Waals surface area contributed by atoms with Crippen molar-refractivity contribution in [3.63, 3.8) is 0 Å². The Kier molecular flexibility index (Phi) is 8.82. The lowest BCUT2D eigenvalue weighted by Gasteiger charge is -2.34. The van der Waals surface area contributed by atoms with Crippen LogP contribution in [-0.4, -0.2) is 36.6 Å². The Morgan fingerprint density at radius 2 is 1.62 bits per heavy atom. The normalized spacial score (nSPS) is 14.2. The van der Waals surface area contributed by atoms with E-state index in [0.29, 0.717) is 18.9 Å². The Bertz CT molecular complexity index is 1740. The summed E-state index contributed by atoms with van der Waals surface area (Å²) in [5, 5.41) is 2.81. The third-order valence-electron chi connectivity index (χ3n) is 7.72. The van der Waals surface area contributed by atoms with Crippen LogP contribution in [0.4, 0.5) is 20.3 Å². The molecule has 0 amide bonds. The molecule has 4 aromatic rings. The molecule has 0 fully saturated rings. The maximum atomic E-state index is 15.3. The van der Waals surface area contributed by atoms with E-state index in [4.69, 9.17) is 30.8 Å². The van der Waals surface area contributed by atoms with E-state index in [1.165, 1.54) is 0 Å². The predicted octanol–water partition coefficient (Wildman–Crippen LogP) is 7.97. The molecule has 0 saturated heterocycles. The molecule has 2 aliphatic heterocycles. The number of nitrogens with one attached hydrogen (secondary N) is 1. The largest absolute Gasteiger partial charge is 0.497 e. The zero-order valence-corrected chi connectivity index (χ0v) is 27.0.